The van der Waals surface area contributed by atoms with Gasteiger partial charge in [-0.2, -0.15) is 0 Å². The van der Waals surface area contributed by atoms with E-state index in [1.54, 1.807) is 75.1 Å². The predicted octanol–water partition coefficient (Wildman–Crippen LogP) is 2.54. The van der Waals surface area contributed by atoms with Crippen LogP contribution in [0.5, 0.6) is 0 Å². The molecule has 12 heteroatoms. The highest BCUT2D eigenvalue weighted by molar-refractivity contribution is 7.54. The van der Waals surface area contributed by atoms with Gasteiger partial charge < -0.3 is 18.5 Å². The number of ether oxygens (including phenoxy) is 2. The van der Waals surface area contributed by atoms with Crippen LogP contribution in [0.25, 0.3) is 0 Å². The minimum Gasteiger partial charge on any atom is -0.350 e. The molecule has 10 nitrogen and oxygen atoms in total. The lowest BCUT2D eigenvalue weighted by atomic mass is 9.94. The fourth-order valence-electron chi connectivity index (χ4n) is 3.67. The van der Waals surface area contributed by atoms with Crippen molar-refractivity contribution in [2.24, 2.45) is 0 Å². The van der Waals surface area contributed by atoms with Crippen molar-refractivity contribution in [2.45, 2.75) is 43.7 Å². The molecule has 0 aromatic carbocycles. The SMILES string of the molecule is CN(C)P(=O)(O[C@H]1CCOC2(C1)C[C@@H](OP(=O)(N(C)C)N(C)C)CCO2)N(C)C. The van der Waals surface area contributed by atoms with Gasteiger partial charge in [0.1, 0.15) is 0 Å². The van der Waals surface area contributed by atoms with Gasteiger partial charge in [-0.15, -0.1) is 0 Å². The van der Waals surface area contributed by atoms with Gasteiger partial charge in [0, 0.05) is 12.8 Å². The van der Waals surface area contributed by atoms with E-state index in [0.717, 1.165) is 0 Å². The Morgan fingerprint density at radius 3 is 1.28 bits per heavy atom. The van der Waals surface area contributed by atoms with Crippen LogP contribution in [0, 0.1) is 0 Å². The van der Waals surface area contributed by atoms with Gasteiger partial charge in [-0.25, -0.2) is 18.7 Å². The van der Waals surface area contributed by atoms with E-state index in [1.807, 2.05) is 0 Å². The number of rotatable bonds is 8. The maximum atomic E-state index is 13.2. The van der Waals surface area contributed by atoms with Gasteiger partial charge in [-0.3, -0.25) is 9.13 Å². The Morgan fingerprint density at radius 1 is 0.690 bits per heavy atom. The van der Waals surface area contributed by atoms with Gasteiger partial charge >= 0.3 is 15.3 Å². The van der Waals surface area contributed by atoms with Crippen molar-refractivity contribution in [3.8, 4) is 0 Å². The molecule has 2 rings (SSSR count). The third-order valence-electron chi connectivity index (χ3n) is 5.28. The van der Waals surface area contributed by atoms with E-state index in [1.165, 1.54) is 0 Å². The fraction of sp³-hybridized carbons (Fsp3) is 1.00. The second-order valence-electron chi connectivity index (χ2n) is 8.42. The second kappa shape index (κ2) is 9.74. The smallest absolute Gasteiger partial charge is 0.345 e. The van der Waals surface area contributed by atoms with Gasteiger partial charge in [-0.05, 0) is 69.2 Å². The molecule has 0 bridgehead atoms. The molecule has 2 saturated heterocycles. The monoisotopic (exact) mass is 456 g/mol. The summed E-state index contributed by atoms with van der Waals surface area (Å²) in [5, 5.41) is 0. The first-order chi connectivity index (χ1) is 13.3. The van der Waals surface area contributed by atoms with Crippen LogP contribution in [0.1, 0.15) is 25.7 Å². The van der Waals surface area contributed by atoms with Crippen LogP contribution in [-0.2, 0) is 27.7 Å². The van der Waals surface area contributed by atoms with E-state index in [9.17, 15) is 9.13 Å². The topological polar surface area (TPSA) is 84.0 Å². The molecular weight excluding hydrogens is 418 g/mol. The molecule has 0 N–H and O–H groups in total. The average molecular weight is 456 g/mol. The number of nitrogens with zero attached hydrogens (tertiary/aromatic N) is 4. The Labute approximate surface area is 175 Å². The zero-order chi connectivity index (χ0) is 22.0. The maximum absolute atomic E-state index is 13.2. The van der Waals surface area contributed by atoms with E-state index < -0.39 is 21.1 Å². The first-order valence-corrected chi connectivity index (χ1v) is 13.0. The summed E-state index contributed by atoms with van der Waals surface area (Å²) in [4.78, 5) is 0. The lowest BCUT2D eigenvalue weighted by Gasteiger charge is -2.46. The van der Waals surface area contributed by atoms with E-state index in [0.29, 0.717) is 38.9 Å². The van der Waals surface area contributed by atoms with Crippen LogP contribution in [0.15, 0.2) is 0 Å². The van der Waals surface area contributed by atoms with Gasteiger partial charge in [0.15, 0.2) is 5.79 Å². The van der Waals surface area contributed by atoms with Gasteiger partial charge in [0.2, 0.25) is 0 Å². The predicted molar refractivity (Wildman–Crippen MR) is 113 cm³/mol. The van der Waals surface area contributed by atoms with Crippen LogP contribution in [0.3, 0.4) is 0 Å². The molecule has 2 fully saturated rings. The number of hydrogen-bond acceptors (Lipinski definition) is 6. The third-order valence-corrected chi connectivity index (χ3v) is 10.5. The molecule has 29 heavy (non-hydrogen) atoms. The third kappa shape index (κ3) is 5.69. The molecule has 2 aliphatic rings. The van der Waals surface area contributed by atoms with Crippen molar-refractivity contribution >= 4 is 15.3 Å². The molecule has 0 unspecified atom stereocenters. The molecule has 0 amide bonds. The summed E-state index contributed by atoms with van der Waals surface area (Å²) in [6, 6.07) is 0. The number of hydrogen-bond donors (Lipinski definition) is 0. The van der Waals surface area contributed by atoms with E-state index in [-0.39, 0.29) is 12.2 Å². The molecule has 0 saturated carbocycles. The molecule has 2 atom stereocenters. The van der Waals surface area contributed by atoms with Gasteiger partial charge in [-0.1, -0.05) is 0 Å². The lowest BCUT2D eigenvalue weighted by molar-refractivity contribution is -0.296. The summed E-state index contributed by atoms with van der Waals surface area (Å²) in [5.74, 6) is -0.876. The molecule has 0 aromatic rings. The van der Waals surface area contributed by atoms with Crippen LogP contribution in [0.2, 0.25) is 0 Å². The average Bonchev–Trinajstić information content (AvgIpc) is 2.61. The summed E-state index contributed by atoms with van der Waals surface area (Å²) in [5.41, 5.74) is 0. The summed E-state index contributed by atoms with van der Waals surface area (Å²) >= 11 is 0. The van der Waals surface area contributed by atoms with Crippen molar-refractivity contribution in [3.05, 3.63) is 0 Å². The molecule has 1 spiro atoms. The van der Waals surface area contributed by atoms with E-state index in [4.69, 9.17) is 18.5 Å². The fourth-order valence-corrected chi connectivity index (χ4v) is 6.99. The van der Waals surface area contributed by atoms with Gasteiger partial charge in [0.25, 0.3) is 0 Å². The molecule has 172 valence electrons. The zero-order valence-electron chi connectivity index (χ0n) is 19.0. The Hall–Kier alpha value is 0.140. The van der Waals surface area contributed by atoms with Crippen molar-refractivity contribution < 1.29 is 27.7 Å². The van der Waals surface area contributed by atoms with E-state index >= 15 is 0 Å². The molecule has 2 aliphatic heterocycles. The normalized spacial score (nSPS) is 26.2. The Balaban J connectivity index is 2.11. The standard InChI is InChI=1S/C17H38N4O6P2/c1-18(2)28(22,19(3)4)26-15-9-11-24-17(13-15)14-16(10-12-25-17)27-29(23,20(5)6)21(7)8/h15-16H,9-14H2,1-8H3/t15-,16-,17?/m0/s1. The summed E-state index contributed by atoms with van der Waals surface area (Å²) in [7, 11) is 7.76. The minimum atomic E-state index is -3.11. The molecule has 0 aromatic heterocycles. The molecular formula is C17H38N4O6P2. The van der Waals surface area contributed by atoms with Crippen molar-refractivity contribution in [3.63, 3.8) is 0 Å². The Morgan fingerprint density at radius 2 is 1.00 bits per heavy atom. The minimum absolute atomic E-state index is 0.271. The van der Waals surface area contributed by atoms with Crippen molar-refractivity contribution in [1.82, 2.24) is 18.7 Å². The Bertz CT molecular complexity index is 567. The summed E-state index contributed by atoms with van der Waals surface area (Å²) in [6.45, 7) is 0.883. The molecule has 2 heterocycles. The second-order valence-corrected chi connectivity index (χ2v) is 14.0. The summed E-state index contributed by atoms with van der Waals surface area (Å²) in [6.07, 6.45) is 1.63. The van der Waals surface area contributed by atoms with Crippen LogP contribution in [0.4, 0.5) is 0 Å². The van der Waals surface area contributed by atoms with Crippen molar-refractivity contribution in [2.75, 3.05) is 69.6 Å². The zero-order valence-corrected chi connectivity index (χ0v) is 20.8. The van der Waals surface area contributed by atoms with Crippen LogP contribution < -0.4 is 0 Å². The highest BCUT2D eigenvalue weighted by Crippen LogP contribution is 2.55. The maximum Gasteiger partial charge on any atom is 0.345 e. The highest BCUT2D eigenvalue weighted by Gasteiger charge is 2.47. The Kier molecular flexibility index (Phi) is 8.53. The van der Waals surface area contributed by atoms with Crippen LogP contribution >= 0.6 is 15.3 Å². The molecule has 0 radical (unpaired) electrons. The lowest BCUT2D eigenvalue weighted by Crippen LogP contribution is -2.51. The first-order valence-electron chi connectivity index (χ1n) is 9.91. The first kappa shape index (κ1) is 25.4. The highest BCUT2D eigenvalue weighted by atomic mass is 31.2. The largest absolute Gasteiger partial charge is 0.350 e. The quantitative estimate of drug-likeness (QED) is 0.508. The summed E-state index contributed by atoms with van der Waals surface area (Å²) < 4.78 is 57.1. The van der Waals surface area contributed by atoms with Gasteiger partial charge in [0.05, 0.1) is 25.4 Å². The van der Waals surface area contributed by atoms with Crippen molar-refractivity contribution in [1.29, 1.82) is 0 Å². The van der Waals surface area contributed by atoms with Crippen LogP contribution in [-0.4, -0.2) is 106 Å². The molecule has 0 aliphatic carbocycles. The van der Waals surface area contributed by atoms with E-state index in [2.05, 4.69) is 0 Å².